The van der Waals surface area contributed by atoms with Gasteiger partial charge in [0.25, 0.3) is 0 Å². The standard InChI is InChI=1S/C14H13N3O4/c1-16-7-10(13(19)20)9-6-8(2-3-11(9)16)17-5-4-12(18)15-14(17)21/h2-3,6-7H,4-5H2,1H3,(H,19,20)(H,15,18,21). The molecule has 2 heterocycles. The van der Waals surface area contributed by atoms with Gasteiger partial charge in [-0.1, -0.05) is 0 Å². The molecule has 1 saturated heterocycles. The predicted octanol–water partition coefficient (Wildman–Crippen LogP) is 1.32. The first-order valence-corrected chi connectivity index (χ1v) is 6.41. The van der Waals surface area contributed by atoms with E-state index in [9.17, 15) is 19.5 Å². The largest absolute Gasteiger partial charge is 0.478 e. The highest BCUT2D eigenvalue weighted by atomic mass is 16.4. The summed E-state index contributed by atoms with van der Waals surface area (Å²) >= 11 is 0. The molecule has 7 heteroatoms. The first-order chi connectivity index (χ1) is 9.97. The fourth-order valence-electron chi connectivity index (χ4n) is 2.53. The Kier molecular flexibility index (Phi) is 2.90. The van der Waals surface area contributed by atoms with Crippen LogP contribution < -0.4 is 10.2 Å². The minimum Gasteiger partial charge on any atom is -0.478 e. The van der Waals surface area contributed by atoms with E-state index in [1.54, 1.807) is 29.8 Å². The number of nitrogens with one attached hydrogen (secondary N) is 1. The lowest BCUT2D eigenvalue weighted by Crippen LogP contribution is -2.49. The molecule has 0 atom stereocenters. The van der Waals surface area contributed by atoms with Gasteiger partial charge >= 0.3 is 12.0 Å². The van der Waals surface area contributed by atoms with Crippen LogP contribution in [-0.2, 0) is 11.8 Å². The Labute approximate surface area is 119 Å². The molecular weight excluding hydrogens is 274 g/mol. The van der Waals surface area contributed by atoms with Crippen LogP contribution in [0.3, 0.4) is 0 Å². The Morgan fingerprint density at radius 2 is 2.10 bits per heavy atom. The highest BCUT2D eigenvalue weighted by molar-refractivity contribution is 6.08. The van der Waals surface area contributed by atoms with Crippen LogP contribution in [0.2, 0.25) is 0 Å². The summed E-state index contributed by atoms with van der Waals surface area (Å²) < 4.78 is 1.72. The van der Waals surface area contributed by atoms with E-state index in [0.29, 0.717) is 11.1 Å². The van der Waals surface area contributed by atoms with Crippen LogP contribution in [-0.4, -0.2) is 34.1 Å². The van der Waals surface area contributed by atoms with Gasteiger partial charge in [0.15, 0.2) is 0 Å². The van der Waals surface area contributed by atoms with E-state index in [2.05, 4.69) is 5.32 Å². The molecule has 0 bridgehead atoms. The summed E-state index contributed by atoms with van der Waals surface area (Å²) in [4.78, 5) is 35.7. The molecule has 0 unspecified atom stereocenters. The summed E-state index contributed by atoms with van der Waals surface area (Å²) in [6.45, 7) is 0.283. The Morgan fingerprint density at radius 3 is 2.76 bits per heavy atom. The van der Waals surface area contributed by atoms with Crippen molar-refractivity contribution in [2.45, 2.75) is 6.42 Å². The summed E-state index contributed by atoms with van der Waals surface area (Å²) in [7, 11) is 1.76. The molecule has 0 spiro atoms. The van der Waals surface area contributed by atoms with Gasteiger partial charge in [-0.05, 0) is 18.2 Å². The Balaban J connectivity index is 2.08. The number of imide groups is 1. The van der Waals surface area contributed by atoms with Crippen molar-refractivity contribution in [2.75, 3.05) is 11.4 Å². The smallest absolute Gasteiger partial charge is 0.337 e. The van der Waals surface area contributed by atoms with E-state index < -0.39 is 12.0 Å². The van der Waals surface area contributed by atoms with Crippen molar-refractivity contribution in [3.63, 3.8) is 0 Å². The number of nitrogens with zero attached hydrogens (tertiary/aromatic N) is 2. The molecule has 0 aliphatic carbocycles. The van der Waals surface area contributed by atoms with E-state index in [-0.39, 0.29) is 24.4 Å². The van der Waals surface area contributed by atoms with Gasteiger partial charge in [-0.3, -0.25) is 15.0 Å². The third-order valence-electron chi connectivity index (χ3n) is 3.57. The second kappa shape index (κ2) is 4.62. The monoisotopic (exact) mass is 287 g/mol. The summed E-state index contributed by atoms with van der Waals surface area (Å²) in [5.74, 6) is -1.32. The third kappa shape index (κ3) is 2.12. The number of aromatic nitrogens is 1. The molecule has 2 aromatic rings. The molecule has 108 valence electrons. The minimum atomic E-state index is -1.02. The number of carbonyl (C=O) groups excluding carboxylic acids is 2. The summed E-state index contributed by atoms with van der Waals surface area (Å²) in [5.41, 5.74) is 1.52. The molecular formula is C14H13N3O4. The zero-order valence-electron chi connectivity index (χ0n) is 11.3. The second-order valence-electron chi connectivity index (χ2n) is 4.92. The van der Waals surface area contributed by atoms with Crippen LogP contribution in [0.1, 0.15) is 16.8 Å². The Hall–Kier alpha value is -2.83. The predicted molar refractivity (Wildman–Crippen MR) is 75.4 cm³/mol. The maximum absolute atomic E-state index is 11.8. The maximum atomic E-state index is 11.8. The number of hydrogen-bond donors (Lipinski definition) is 2. The van der Waals surface area contributed by atoms with E-state index in [4.69, 9.17) is 0 Å². The molecule has 1 fully saturated rings. The zero-order chi connectivity index (χ0) is 15.1. The molecule has 2 N–H and O–H groups in total. The number of benzene rings is 1. The molecule has 3 rings (SSSR count). The van der Waals surface area contributed by atoms with Gasteiger partial charge in [0.1, 0.15) is 0 Å². The van der Waals surface area contributed by atoms with E-state index in [1.165, 1.54) is 11.1 Å². The number of carbonyl (C=O) groups is 3. The quantitative estimate of drug-likeness (QED) is 0.871. The maximum Gasteiger partial charge on any atom is 0.337 e. The van der Waals surface area contributed by atoms with Crippen molar-refractivity contribution in [3.8, 4) is 0 Å². The SMILES string of the molecule is Cn1cc(C(=O)O)c2cc(N3CCC(=O)NC3=O)ccc21. The normalized spacial score (nSPS) is 15.4. The third-order valence-corrected chi connectivity index (χ3v) is 3.57. The van der Waals surface area contributed by atoms with Crippen molar-refractivity contribution in [2.24, 2.45) is 7.05 Å². The summed E-state index contributed by atoms with van der Waals surface area (Å²) in [5, 5.41) is 12.0. The molecule has 1 aromatic heterocycles. The lowest BCUT2D eigenvalue weighted by Gasteiger charge is -2.26. The molecule has 7 nitrogen and oxygen atoms in total. The minimum absolute atomic E-state index is 0.183. The molecule has 21 heavy (non-hydrogen) atoms. The fourth-order valence-corrected chi connectivity index (χ4v) is 2.53. The number of amides is 3. The first-order valence-electron chi connectivity index (χ1n) is 6.41. The molecule has 1 aliphatic heterocycles. The lowest BCUT2D eigenvalue weighted by atomic mass is 10.1. The number of carboxylic acid groups (broad SMARTS) is 1. The van der Waals surface area contributed by atoms with Gasteiger partial charge in [0.05, 0.1) is 5.56 Å². The van der Waals surface area contributed by atoms with Gasteiger partial charge < -0.3 is 9.67 Å². The fraction of sp³-hybridized carbons (Fsp3) is 0.214. The van der Waals surface area contributed by atoms with Crippen molar-refractivity contribution >= 4 is 34.5 Å². The second-order valence-corrected chi connectivity index (χ2v) is 4.92. The van der Waals surface area contributed by atoms with Crippen molar-refractivity contribution < 1.29 is 19.5 Å². The molecule has 3 amide bonds. The number of anilines is 1. The van der Waals surface area contributed by atoms with E-state index in [1.807, 2.05) is 0 Å². The number of aromatic carboxylic acids is 1. The van der Waals surface area contributed by atoms with Crippen LogP contribution in [0, 0.1) is 0 Å². The highest BCUT2D eigenvalue weighted by Gasteiger charge is 2.25. The van der Waals surface area contributed by atoms with E-state index >= 15 is 0 Å². The van der Waals surface area contributed by atoms with Crippen LogP contribution >= 0.6 is 0 Å². The highest BCUT2D eigenvalue weighted by Crippen LogP contribution is 2.27. The average Bonchev–Trinajstić information content (AvgIpc) is 2.76. The molecule has 0 radical (unpaired) electrons. The number of fused-ring (bicyclic) bond motifs is 1. The van der Waals surface area contributed by atoms with Crippen LogP contribution in [0.25, 0.3) is 10.9 Å². The lowest BCUT2D eigenvalue weighted by molar-refractivity contribution is -0.120. The molecule has 0 saturated carbocycles. The average molecular weight is 287 g/mol. The van der Waals surface area contributed by atoms with Crippen molar-refractivity contribution in [3.05, 3.63) is 30.0 Å². The number of aryl methyl sites for hydroxylation is 1. The van der Waals surface area contributed by atoms with E-state index in [0.717, 1.165) is 5.52 Å². The number of carboxylic acids is 1. The molecule has 1 aliphatic rings. The first kappa shape index (κ1) is 13.2. The number of rotatable bonds is 2. The Morgan fingerprint density at radius 1 is 1.33 bits per heavy atom. The van der Waals surface area contributed by atoms with Gasteiger partial charge in [0.2, 0.25) is 5.91 Å². The van der Waals surface area contributed by atoms with Crippen LogP contribution in [0.15, 0.2) is 24.4 Å². The van der Waals surface area contributed by atoms with Crippen molar-refractivity contribution in [1.82, 2.24) is 9.88 Å². The zero-order valence-corrected chi connectivity index (χ0v) is 11.3. The Bertz CT molecular complexity index is 778. The van der Waals surface area contributed by atoms with Gasteiger partial charge in [-0.15, -0.1) is 0 Å². The number of urea groups is 1. The van der Waals surface area contributed by atoms with Gasteiger partial charge in [-0.2, -0.15) is 0 Å². The van der Waals surface area contributed by atoms with Crippen LogP contribution in [0.5, 0.6) is 0 Å². The number of hydrogen-bond acceptors (Lipinski definition) is 3. The summed E-state index contributed by atoms with van der Waals surface area (Å²) in [6, 6.07) is 4.68. The topological polar surface area (TPSA) is 91.6 Å². The van der Waals surface area contributed by atoms with Crippen LogP contribution in [0.4, 0.5) is 10.5 Å². The molecule has 1 aromatic carbocycles. The van der Waals surface area contributed by atoms with Gasteiger partial charge in [-0.25, -0.2) is 9.59 Å². The van der Waals surface area contributed by atoms with Gasteiger partial charge in [0, 0.05) is 42.8 Å². The summed E-state index contributed by atoms with van der Waals surface area (Å²) in [6.07, 6.45) is 1.76. The van der Waals surface area contributed by atoms with Crippen molar-refractivity contribution in [1.29, 1.82) is 0 Å².